The van der Waals surface area contributed by atoms with Crippen LogP contribution in [0.3, 0.4) is 0 Å². The molecule has 0 spiro atoms. The first-order chi connectivity index (χ1) is 15.6. The molecule has 3 nitrogen and oxygen atoms in total. The van der Waals surface area contributed by atoms with E-state index in [4.69, 9.17) is 21.1 Å². The largest absolute Gasteiger partial charge is 0.494 e. The van der Waals surface area contributed by atoms with E-state index in [-0.39, 0.29) is 6.61 Å². The van der Waals surface area contributed by atoms with Crippen LogP contribution in [0.5, 0.6) is 11.5 Å². The highest BCUT2D eigenvalue weighted by atomic mass is 35.5. The van der Waals surface area contributed by atoms with E-state index in [2.05, 4.69) is 31.2 Å². The van der Waals surface area contributed by atoms with Gasteiger partial charge in [-0.05, 0) is 65.4 Å². The number of ether oxygens (including phenoxy) is 2. The summed E-state index contributed by atoms with van der Waals surface area (Å²) in [6, 6.07) is 25.9. The molecule has 32 heavy (non-hydrogen) atoms. The summed E-state index contributed by atoms with van der Waals surface area (Å²) in [5.74, 6) is 1.97. The van der Waals surface area contributed by atoms with Crippen LogP contribution in [-0.4, -0.2) is 37.0 Å². The van der Waals surface area contributed by atoms with Gasteiger partial charge in [0.15, 0.2) is 0 Å². The number of hydrogen-bond donors (Lipinski definition) is 1. The molecular formula is C27H28ClFO3. The van der Waals surface area contributed by atoms with E-state index in [1.165, 1.54) is 0 Å². The van der Waals surface area contributed by atoms with Crippen molar-refractivity contribution in [1.82, 2.24) is 0 Å². The Labute approximate surface area is 194 Å². The van der Waals surface area contributed by atoms with E-state index in [9.17, 15) is 9.50 Å². The Hall–Kier alpha value is -2.82. The molecule has 5 heteroatoms. The molecule has 1 atom stereocenters. The summed E-state index contributed by atoms with van der Waals surface area (Å²) in [5.41, 5.74) is 5.47. The van der Waals surface area contributed by atoms with Crippen LogP contribution in [-0.2, 0) is 0 Å². The maximum absolute atomic E-state index is 12.5. The third kappa shape index (κ3) is 6.59. The molecule has 168 valence electrons. The molecule has 0 aliphatic rings. The topological polar surface area (TPSA) is 38.7 Å². The second-order valence-corrected chi connectivity index (χ2v) is 7.80. The van der Waals surface area contributed by atoms with Gasteiger partial charge in [-0.25, -0.2) is 4.39 Å². The molecule has 1 unspecified atom stereocenters. The number of rotatable bonds is 11. The van der Waals surface area contributed by atoms with Gasteiger partial charge >= 0.3 is 0 Å². The van der Waals surface area contributed by atoms with Gasteiger partial charge in [0.1, 0.15) is 30.9 Å². The zero-order valence-electron chi connectivity index (χ0n) is 18.1. The van der Waals surface area contributed by atoms with E-state index in [1.807, 2.05) is 54.6 Å². The Kier molecular flexibility index (Phi) is 9.14. The van der Waals surface area contributed by atoms with E-state index in [1.54, 1.807) is 0 Å². The van der Waals surface area contributed by atoms with Gasteiger partial charge in [0.05, 0.1) is 6.61 Å². The van der Waals surface area contributed by atoms with Crippen LogP contribution >= 0.6 is 11.6 Å². The van der Waals surface area contributed by atoms with E-state index in [0.29, 0.717) is 18.2 Å². The van der Waals surface area contributed by atoms with Crippen LogP contribution in [0, 0.1) is 0 Å². The van der Waals surface area contributed by atoms with Crippen molar-refractivity contribution in [3.63, 3.8) is 0 Å². The molecule has 0 fully saturated rings. The maximum Gasteiger partial charge on any atom is 0.119 e. The lowest BCUT2D eigenvalue weighted by Gasteiger charge is -2.16. The molecule has 0 bridgehead atoms. The first kappa shape index (κ1) is 23.8. The number of alkyl halides is 2. The molecule has 1 N–H and O–H groups in total. The average molecular weight is 455 g/mol. The highest BCUT2D eigenvalue weighted by Crippen LogP contribution is 2.33. The first-order valence-corrected chi connectivity index (χ1v) is 11.2. The fourth-order valence-electron chi connectivity index (χ4n) is 3.35. The van der Waals surface area contributed by atoms with Gasteiger partial charge in [-0.2, -0.15) is 0 Å². The number of aliphatic hydroxyl groups is 1. The molecule has 0 aliphatic carbocycles. The van der Waals surface area contributed by atoms with Gasteiger partial charge in [0.25, 0.3) is 0 Å². The average Bonchev–Trinajstić information content (AvgIpc) is 2.85. The maximum atomic E-state index is 12.5. The molecule has 0 aliphatic heterocycles. The molecule has 3 aromatic carbocycles. The summed E-state index contributed by atoms with van der Waals surface area (Å²) in [4.78, 5) is 0. The minimum atomic E-state index is -1.12. The number of halogens is 2. The molecule has 3 aromatic rings. The van der Waals surface area contributed by atoms with Crippen LogP contribution < -0.4 is 9.47 Å². The van der Waals surface area contributed by atoms with E-state index in [0.717, 1.165) is 40.0 Å². The molecule has 0 heterocycles. The lowest BCUT2D eigenvalue weighted by Crippen LogP contribution is -2.19. The zero-order valence-corrected chi connectivity index (χ0v) is 18.9. The van der Waals surface area contributed by atoms with Crippen molar-refractivity contribution in [3.05, 3.63) is 95.6 Å². The fourth-order valence-corrected chi connectivity index (χ4v) is 3.46. The van der Waals surface area contributed by atoms with Crippen molar-refractivity contribution in [2.45, 2.75) is 19.4 Å². The Morgan fingerprint density at radius 2 is 1.41 bits per heavy atom. The second-order valence-electron chi connectivity index (χ2n) is 7.42. The summed E-state index contributed by atoms with van der Waals surface area (Å²) in [5, 5.41) is 9.38. The zero-order chi connectivity index (χ0) is 22.8. The van der Waals surface area contributed by atoms with Gasteiger partial charge in [0.2, 0.25) is 0 Å². The summed E-state index contributed by atoms with van der Waals surface area (Å²) >= 11 is 5.73. The van der Waals surface area contributed by atoms with Crippen LogP contribution in [0.1, 0.15) is 30.0 Å². The SMILES string of the molecule is C/C(=C(\c1ccc(OCCCCl)cc1)c1ccc(OCC(O)CF)cc1)c1ccccc1. The monoisotopic (exact) mass is 454 g/mol. The molecular weight excluding hydrogens is 427 g/mol. The third-order valence-corrected chi connectivity index (χ3v) is 5.30. The van der Waals surface area contributed by atoms with Crippen molar-refractivity contribution < 1.29 is 19.0 Å². The van der Waals surface area contributed by atoms with Gasteiger partial charge in [0, 0.05) is 5.88 Å². The normalized spacial score (nSPS) is 12.8. The number of aliphatic hydroxyl groups excluding tert-OH is 1. The lowest BCUT2D eigenvalue weighted by molar-refractivity contribution is 0.0842. The predicted molar refractivity (Wildman–Crippen MR) is 129 cm³/mol. The van der Waals surface area contributed by atoms with Crippen molar-refractivity contribution >= 4 is 22.7 Å². The van der Waals surface area contributed by atoms with Crippen LogP contribution in [0.4, 0.5) is 4.39 Å². The first-order valence-electron chi connectivity index (χ1n) is 10.6. The van der Waals surface area contributed by atoms with Crippen LogP contribution in [0.25, 0.3) is 11.1 Å². The van der Waals surface area contributed by atoms with E-state index < -0.39 is 12.8 Å². The third-order valence-electron chi connectivity index (χ3n) is 5.03. The highest BCUT2D eigenvalue weighted by molar-refractivity contribution is 6.17. The molecule has 0 aromatic heterocycles. The smallest absolute Gasteiger partial charge is 0.119 e. The van der Waals surface area contributed by atoms with Gasteiger partial charge in [-0.3, -0.25) is 0 Å². The van der Waals surface area contributed by atoms with Gasteiger partial charge < -0.3 is 14.6 Å². The van der Waals surface area contributed by atoms with Crippen molar-refractivity contribution in [2.24, 2.45) is 0 Å². The quantitative estimate of drug-likeness (QED) is 0.207. The molecule has 0 radical (unpaired) electrons. The fraction of sp³-hybridized carbons (Fsp3) is 0.259. The number of allylic oxidation sites excluding steroid dienone is 1. The Morgan fingerprint density at radius 1 is 0.844 bits per heavy atom. The highest BCUT2D eigenvalue weighted by Gasteiger charge is 2.12. The molecule has 0 saturated carbocycles. The summed E-state index contributed by atoms with van der Waals surface area (Å²) in [6.07, 6.45) is -0.311. The Balaban J connectivity index is 1.92. The van der Waals surface area contributed by atoms with Crippen molar-refractivity contribution in [3.8, 4) is 11.5 Å². The second kappa shape index (κ2) is 12.3. The van der Waals surface area contributed by atoms with Gasteiger partial charge in [-0.1, -0.05) is 54.6 Å². The predicted octanol–water partition coefficient (Wildman–Crippen LogP) is 6.38. The minimum Gasteiger partial charge on any atom is -0.494 e. The van der Waals surface area contributed by atoms with Crippen molar-refractivity contribution in [2.75, 3.05) is 25.8 Å². The lowest BCUT2D eigenvalue weighted by atomic mass is 9.90. The minimum absolute atomic E-state index is 0.0766. The number of hydrogen-bond acceptors (Lipinski definition) is 3. The van der Waals surface area contributed by atoms with Crippen LogP contribution in [0.15, 0.2) is 78.9 Å². The molecule has 0 amide bonds. The summed E-state index contributed by atoms with van der Waals surface area (Å²) < 4.78 is 23.7. The molecule has 3 rings (SSSR count). The van der Waals surface area contributed by atoms with Crippen LogP contribution in [0.2, 0.25) is 0 Å². The summed E-state index contributed by atoms with van der Waals surface area (Å²) in [6.45, 7) is 1.80. The molecule has 0 saturated heterocycles. The standard InChI is InChI=1S/C27H28ClFO3/c1-20(21-6-3-2-4-7-21)27(22-8-12-25(13-9-22)31-17-5-16-28)23-10-14-26(15-11-23)32-19-24(30)18-29/h2-4,6-15,24,30H,5,16-19H2,1H3/b27-20-. The Morgan fingerprint density at radius 3 is 1.94 bits per heavy atom. The Bertz CT molecular complexity index is 986. The van der Waals surface area contributed by atoms with Crippen molar-refractivity contribution in [1.29, 1.82) is 0 Å². The van der Waals surface area contributed by atoms with Gasteiger partial charge in [-0.15, -0.1) is 11.6 Å². The summed E-state index contributed by atoms with van der Waals surface area (Å²) in [7, 11) is 0. The van der Waals surface area contributed by atoms with E-state index >= 15 is 0 Å². The number of benzene rings is 3.